The number of aryl methyl sites for hydroxylation is 1. The Hall–Kier alpha value is -1.65. The highest BCUT2D eigenvalue weighted by Gasteiger charge is 2.57. The van der Waals surface area contributed by atoms with Gasteiger partial charge >= 0.3 is 0 Å². The first-order valence-electron chi connectivity index (χ1n) is 7.97. The Balaban J connectivity index is 1.71. The van der Waals surface area contributed by atoms with Gasteiger partial charge in [-0.05, 0) is 53.4 Å². The van der Waals surface area contributed by atoms with Crippen molar-refractivity contribution in [3.63, 3.8) is 0 Å². The summed E-state index contributed by atoms with van der Waals surface area (Å²) < 4.78 is 22.7. The molecule has 1 fully saturated rings. The first-order valence-corrected chi connectivity index (χ1v) is 9.51. The molecule has 0 saturated heterocycles. The molecule has 3 nitrogen and oxygen atoms in total. The van der Waals surface area contributed by atoms with Crippen molar-refractivity contribution in [1.29, 1.82) is 0 Å². The van der Waals surface area contributed by atoms with Crippen LogP contribution in [0, 0.1) is 11.3 Å². The highest BCUT2D eigenvalue weighted by Crippen LogP contribution is 2.66. The molecule has 3 rings (SSSR count). The van der Waals surface area contributed by atoms with E-state index in [4.69, 9.17) is 5.14 Å². The third kappa shape index (κ3) is 3.33. The van der Waals surface area contributed by atoms with Gasteiger partial charge in [-0.15, -0.1) is 0 Å². The maximum absolute atomic E-state index is 11.4. The van der Waals surface area contributed by atoms with E-state index in [1.54, 1.807) is 12.1 Å². The molecule has 0 spiro atoms. The Morgan fingerprint density at radius 3 is 2.17 bits per heavy atom. The average Bonchev–Trinajstić information content (AvgIpc) is 3.06. The fraction of sp³-hybridized carbons (Fsp3) is 0.368. The molecule has 1 saturated carbocycles. The Kier molecular flexibility index (Phi) is 4.07. The molecule has 2 N–H and O–H groups in total. The second-order valence-corrected chi connectivity index (χ2v) is 8.61. The Labute approximate surface area is 138 Å². The molecule has 2 atom stereocenters. The third-order valence-corrected chi connectivity index (χ3v) is 6.13. The Morgan fingerprint density at radius 1 is 1.00 bits per heavy atom. The van der Waals surface area contributed by atoms with Gasteiger partial charge in [0.05, 0.1) is 4.90 Å². The minimum atomic E-state index is -3.61. The van der Waals surface area contributed by atoms with E-state index in [-0.39, 0.29) is 10.3 Å². The van der Waals surface area contributed by atoms with Gasteiger partial charge in [0.15, 0.2) is 0 Å². The molecule has 2 aromatic rings. The lowest BCUT2D eigenvalue weighted by Crippen LogP contribution is -2.11. The summed E-state index contributed by atoms with van der Waals surface area (Å²) in [6.07, 6.45) is 2.24. The van der Waals surface area contributed by atoms with Crippen molar-refractivity contribution < 1.29 is 8.42 Å². The van der Waals surface area contributed by atoms with Crippen LogP contribution in [0.25, 0.3) is 0 Å². The second kappa shape index (κ2) is 5.77. The molecule has 122 valence electrons. The van der Waals surface area contributed by atoms with Gasteiger partial charge in [-0.3, -0.25) is 0 Å². The van der Waals surface area contributed by atoms with Crippen LogP contribution in [0.1, 0.15) is 37.3 Å². The minimum Gasteiger partial charge on any atom is -0.225 e. The second-order valence-electron chi connectivity index (χ2n) is 7.04. The summed E-state index contributed by atoms with van der Waals surface area (Å²) in [6.45, 7) is 4.59. The number of primary sulfonamides is 1. The summed E-state index contributed by atoms with van der Waals surface area (Å²) in [5.41, 5.74) is 2.84. The SMILES string of the molecule is CC1(C)C(CCc2ccccc2)C1c1ccc(S(N)(=O)=O)cc1. The van der Waals surface area contributed by atoms with Crippen LogP contribution in [0.3, 0.4) is 0 Å². The molecule has 2 aromatic carbocycles. The van der Waals surface area contributed by atoms with E-state index in [1.165, 1.54) is 11.1 Å². The number of hydrogen-bond acceptors (Lipinski definition) is 2. The molecule has 0 bridgehead atoms. The Morgan fingerprint density at radius 2 is 1.61 bits per heavy atom. The molecule has 23 heavy (non-hydrogen) atoms. The summed E-state index contributed by atoms with van der Waals surface area (Å²) in [4.78, 5) is 0.181. The van der Waals surface area contributed by atoms with Gasteiger partial charge in [0.25, 0.3) is 0 Å². The summed E-state index contributed by atoms with van der Waals surface area (Å²) in [5, 5.41) is 5.16. The van der Waals surface area contributed by atoms with E-state index in [9.17, 15) is 8.42 Å². The van der Waals surface area contributed by atoms with E-state index in [0.29, 0.717) is 11.8 Å². The third-order valence-electron chi connectivity index (χ3n) is 5.21. The van der Waals surface area contributed by atoms with Crippen molar-refractivity contribution in [2.75, 3.05) is 0 Å². The van der Waals surface area contributed by atoms with Gasteiger partial charge in [0.2, 0.25) is 10.0 Å². The van der Waals surface area contributed by atoms with Gasteiger partial charge in [-0.2, -0.15) is 0 Å². The van der Waals surface area contributed by atoms with Gasteiger partial charge in [0.1, 0.15) is 0 Å². The zero-order chi connectivity index (χ0) is 16.7. The topological polar surface area (TPSA) is 60.2 Å². The molecule has 2 unspecified atom stereocenters. The molecule has 0 amide bonds. The van der Waals surface area contributed by atoms with Crippen LogP contribution in [0.2, 0.25) is 0 Å². The lowest BCUT2D eigenvalue weighted by atomic mass is 10.0. The molecule has 0 heterocycles. The molecular formula is C19H23NO2S. The predicted molar refractivity (Wildman–Crippen MR) is 92.6 cm³/mol. The van der Waals surface area contributed by atoms with Crippen LogP contribution in [0.15, 0.2) is 59.5 Å². The molecule has 1 aliphatic carbocycles. The van der Waals surface area contributed by atoms with E-state index in [0.717, 1.165) is 12.8 Å². The minimum absolute atomic E-state index is 0.181. The van der Waals surface area contributed by atoms with Crippen molar-refractivity contribution >= 4 is 10.0 Å². The number of hydrogen-bond donors (Lipinski definition) is 1. The lowest BCUT2D eigenvalue weighted by Gasteiger charge is -2.04. The van der Waals surface area contributed by atoms with Crippen molar-refractivity contribution in [1.82, 2.24) is 0 Å². The van der Waals surface area contributed by atoms with Gasteiger partial charge in [-0.25, -0.2) is 13.6 Å². The van der Waals surface area contributed by atoms with Gasteiger partial charge in [-0.1, -0.05) is 56.3 Å². The molecule has 1 aliphatic rings. The van der Waals surface area contributed by atoms with Crippen LogP contribution >= 0.6 is 0 Å². The zero-order valence-electron chi connectivity index (χ0n) is 13.6. The van der Waals surface area contributed by atoms with Gasteiger partial charge in [0, 0.05) is 0 Å². The molecule has 0 aliphatic heterocycles. The van der Waals surface area contributed by atoms with Crippen LogP contribution < -0.4 is 5.14 Å². The number of nitrogens with two attached hydrogens (primary N) is 1. The van der Waals surface area contributed by atoms with E-state index in [1.807, 2.05) is 18.2 Å². The summed E-state index contributed by atoms with van der Waals surface area (Å²) in [5.74, 6) is 1.11. The van der Waals surface area contributed by atoms with Crippen molar-refractivity contribution in [2.45, 2.75) is 37.5 Å². The van der Waals surface area contributed by atoms with Crippen molar-refractivity contribution in [2.24, 2.45) is 16.5 Å². The van der Waals surface area contributed by atoms with Crippen LogP contribution in [0.5, 0.6) is 0 Å². The lowest BCUT2D eigenvalue weighted by molar-refractivity contribution is 0.530. The summed E-state index contributed by atoms with van der Waals surface area (Å²) >= 11 is 0. The number of sulfonamides is 1. The zero-order valence-corrected chi connectivity index (χ0v) is 14.4. The van der Waals surface area contributed by atoms with Crippen molar-refractivity contribution in [3.8, 4) is 0 Å². The fourth-order valence-electron chi connectivity index (χ4n) is 3.78. The molecular weight excluding hydrogens is 306 g/mol. The van der Waals surface area contributed by atoms with E-state index < -0.39 is 10.0 Å². The molecule has 0 aromatic heterocycles. The quantitative estimate of drug-likeness (QED) is 0.909. The molecule has 4 heteroatoms. The van der Waals surface area contributed by atoms with Crippen molar-refractivity contribution in [3.05, 3.63) is 65.7 Å². The highest BCUT2D eigenvalue weighted by atomic mass is 32.2. The first kappa shape index (κ1) is 16.2. The number of rotatable bonds is 5. The predicted octanol–water partition coefficient (Wildman–Crippen LogP) is 3.71. The number of benzene rings is 2. The van der Waals surface area contributed by atoms with E-state index in [2.05, 4.69) is 38.1 Å². The monoisotopic (exact) mass is 329 g/mol. The summed E-state index contributed by atoms with van der Waals surface area (Å²) in [7, 11) is -3.61. The average molecular weight is 329 g/mol. The largest absolute Gasteiger partial charge is 0.238 e. The maximum atomic E-state index is 11.4. The maximum Gasteiger partial charge on any atom is 0.238 e. The molecule has 0 radical (unpaired) electrons. The van der Waals surface area contributed by atoms with Crippen LogP contribution in [0.4, 0.5) is 0 Å². The fourth-order valence-corrected chi connectivity index (χ4v) is 4.29. The Bertz CT molecular complexity index is 780. The highest BCUT2D eigenvalue weighted by molar-refractivity contribution is 7.89. The first-order chi connectivity index (χ1) is 10.8. The smallest absolute Gasteiger partial charge is 0.225 e. The summed E-state index contributed by atoms with van der Waals surface area (Å²) in [6, 6.07) is 17.6. The van der Waals surface area contributed by atoms with E-state index >= 15 is 0 Å². The van der Waals surface area contributed by atoms with Crippen LogP contribution in [-0.4, -0.2) is 8.42 Å². The van der Waals surface area contributed by atoms with Gasteiger partial charge < -0.3 is 0 Å². The standard InChI is InChI=1S/C19H23NO2S/c1-19(2)17(13-8-14-6-4-3-5-7-14)18(19)15-9-11-16(12-10-15)23(20,21)22/h3-7,9-12,17-18H,8,13H2,1-2H3,(H2,20,21,22). The normalized spacial score (nSPS) is 22.7. The van der Waals surface area contributed by atoms with Crippen LogP contribution in [-0.2, 0) is 16.4 Å².